The number of carbonyl (C=O) groups is 2. The Bertz CT molecular complexity index is 1000. The fraction of sp³-hybridized carbons (Fsp3) is 0.500. The van der Waals surface area contributed by atoms with E-state index in [1.54, 1.807) is 12.1 Å². The van der Waals surface area contributed by atoms with Crippen molar-refractivity contribution in [2.75, 3.05) is 44.2 Å². The summed E-state index contributed by atoms with van der Waals surface area (Å²) in [5.41, 5.74) is 1.80. The number of para-hydroxylation sites is 1. The molecule has 3 fully saturated rings. The molecule has 0 spiro atoms. The Morgan fingerprint density at radius 2 is 1.38 bits per heavy atom. The zero-order valence-electron chi connectivity index (χ0n) is 19.7. The fourth-order valence-electron chi connectivity index (χ4n) is 5.99. The van der Waals surface area contributed by atoms with Gasteiger partial charge in [0.1, 0.15) is 5.82 Å². The number of hydrogen-bond donors (Lipinski definition) is 0. The molecule has 2 aromatic carbocycles. The number of carbonyl (C=O) groups excluding carboxylic acids is 2. The molecule has 0 radical (unpaired) electrons. The molecule has 2 atom stereocenters. The monoisotopic (exact) mass is 463 g/mol. The highest BCUT2D eigenvalue weighted by Crippen LogP contribution is 2.35. The molecule has 180 valence electrons. The van der Waals surface area contributed by atoms with Gasteiger partial charge in [0, 0.05) is 51.1 Å². The molecule has 2 amide bonds. The molecule has 1 saturated carbocycles. The van der Waals surface area contributed by atoms with Crippen LogP contribution in [0.2, 0.25) is 0 Å². The van der Waals surface area contributed by atoms with E-state index in [1.807, 2.05) is 39.0 Å². The molecule has 0 aromatic heterocycles. The minimum Gasteiger partial charge on any atom is -0.366 e. The molecular weight excluding hydrogens is 429 g/mol. The Kier molecular flexibility index (Phi) is 6.84. The van der Waals surface area contributed by atoms with E-state index in [4.69, 9.17) is 0 Å². The van der Waals surface area contributed by atoms with Gasteiger partial charge in [0.2, 0.25) is 11.8 Å². The smallest absolute Gasteiger partial charge is 0.227 e. The van der Waals surface area contributed by atoms with Crippen molar-refractivity contribution in [1.29, 1.82) is 0 Å². The number of anilines is 1. The van der Waals surface area contributed by atoms with Gasteiger partial charge in [-0.05, 0) is 37.0 Å². The van der Waals surface area contributed by atoms with Gasteiger partial charge in [-0.2, -0.15) is 0 Å². The molecule has 0 bridgehead atoms. The van der Waals surface area contributed by atoms with Gasteiger partial charge in [0.25, 0.3) is 0 Å². The van der Waals surface area contributed by atoms with E-state index < -0.39 is 0 Å². The predicted octanol–water partition coefficient (Wildman–Crippen LogP) is 4.30. The molecular formula is C28H34FN3O2. The van der Waals surface area contributed by atoms with Gasteiger partial charge < -0.3 is 14.7 Å². The lowest BCUT2D eigenvalue weighted by atomic mass is 9.83. The molecule has 5 nitrogen and oxygen atoms in total. The van der Waals surface area contributed by atoms with Gasteiger partial charge in [-0.25, -0.2) is 4.39 Å². The van der Waals surface area contributed by atoms with Crippen LogP contribution in [0.4, 0.5) is 10.1 Å². The molecule has 2 saturated heterocycles. The lowest BCUT2D eigenvalue weighted by molar-refractivity contribution is -0.143. The van der Waals surface area contributed by atoms with Crippen LogP contribution in [0.15, 0.2) is 54.6 Å². The van der Waals surface area contributed by atoms with Crippen molar-refractivity contribution in [3.05, 3.63) is 66.0 Å². The summed E-state index contributed by atoms with van der Waals surface area (Å²) in [7, 11) is 0. The maximum absolute atomic E-state index is 14.2. The molecule has 34 heavy (non-hydrogen) atoms. The maximum Gasteiger partial charge on any atom is 0.227 e. The molecule has 6 heteroatoms. The van der Waals surface area contributed by atoms with Crippen molar-refractivity contribution < 1.29 is 14.0 Å². The summed E-state index contributed by atoms with van der Waals surface area (Å²) >= 11 is 0. The Hall–Kier alpha value is -2.89. The lowest BCUT2D eigenvalue weighted by Crippen LogP contribution is -2.54. The number of piperidine rings is 1. The van der Waals surface area contributed by atoms with Crippen molar-refractivity contribution in [3.8, 4) is 0 Å². The van der Waals surface area contributed by atoms with Crippen molar-refractivity contribution in [1.82, 2.24) is 9.80 Å². The molecule has 0 N–H and O–H groups in total. The highest BCUT2D eigenvalue weighted by atomic mass is 19.1. The third kappa shape index (κ3) is 4.82. The summed E-state index contributed by atoms with van der Waals surface area (Å²) in [4.78, 5) is 32.9. The maximum atomic E-state index is 14.2. The second-order valence-corrected chi connectivity index (χ2v) is 10.0. The van der Waals surface area contributed by atoms with E-state index >= 15 is 0 Å². The van der Waals surface area contributed by atoms with Gasteiger partial charge in [0.15, 0.2) is 0 Å². The first-order valence-electron chi connectivity index (χ1n) is 12.7. The van der Waals surface area contributed by atoms with Crippen LogP contribution in [0.3, 0.4) is 0 Å². The van der Waals surface area contributed by atoms with Crippen molar-refractivity contribution in [2.45, 2.75) is 38.0 Å². The molecule has 2 aliphatic heterocycles. The Morgan fingerprint density at radius 3 is 2.09 bits per heavy atom. The lowest BCUT2D eigenvalue weighted by Gasteiger charge is -2.42. The Balaban J connectivity index is 1.28. The van der Waals surface area contributed by atoms with Gasteiger partial charge in [-0.1, -0.05) is 55.3 Å². The molecule has 3 aliphatic rings. The second kappa shape index (κ2) is 10.2. The van der Waals surface area contributed by atoms with Crippen molar-refractivity contribution >= 4 is 17.5 Å². The van der Waals surface area contributed by atoms with Crippen LogP contribution in [0, 0.1) is 17.7 Å². The normalized spacial score (nSPS) is 23.9. The largest absolute Gasteiger partial charge is 0.366 e. The number of rotatable bonds is 4. The third-order valence-electron chi connectivity index (χ3n) is 7.87. The Labute approximate surface area is 201 Å². The summed E-state index contributed by atoms with van der Waals surface area (Å²) in [5, 5.41) is 0. The Morgan fingerprint density at radius 1 is 0.735 bits per heavy atom. The highest BCUT2D eigenvalue weighted by molar-refractivity contribution is 5.83. The van der Waals surface area contributed by atoms with E-state index in [0.717, 1.165) is 32.1 Å². The minimum absolute atomic E-state index is 0.120. The van der Waals surface area contributed by atoms with E-state index in [9.17, 15) is 14.0 Å². The van der Waals surface area contributed by atoms with E-state index in [2.05, 4.69) is 12.1 Å². The van der Waals surface area contributed by atoms with E-state index in [-0.39, 0.29) is 35.4 Å². The third-order valence-corrected chi connectivity index (χ3v) is 7.87. The number of likely N-dealkylation sites (tertiary alicyclic amines) is 1. The summed E-state index contributed by atoms with van der Waals surface area (Å²) < 4.78 is 14.2. The number of halogens is 1. The number of hydrogen-bond acceptors (Lipinski definition) is 3. The predicted molar refractivity (Wildman–Crippen MR) is 131 cm³/mol. The van der Waals surface area contributed by atoms with Crippen LogP contribution in [0.5, 0.6) is 0 Å². The first kappa shape index (κ1) is 22.9. The van der Waals surface area contributed by atoms with Crippen LogP contribution in [0.1, 0.15) is 43.6 Å². The van der Waals surface area contributed by atoms with Crippen LogP contribution in [0.25, 0.3) is 0 Å². The van der Waals surface area contributed by atoms with Gasteiger partial charge >= 0.3 is 0 Å². The summed E-state index contributed by atoms with van der Waals surface area (Å²) in [6.07, 6.45) is 4.97. The fourth-order valence-corrected chi connectivity index (χ4v) is 5.99. The highest BCUT2D eigenvalue weighted by Gasteiger charge is 2.39. The quantitative estimate of drug-likeness (QED) is 0.679. The summed E-state index contributed by atoms with van der Waals surface area (Å²) in [6.45, 7) is 3.61. The molecule has 2 aromatic rings. The van der Waals surface area contributed by atoms with Gasteiger partial charge in [-0.3, -0.25) is 9.59 Å². The topological polar surface area (TPSA) is 43.9 Å². The minimum atomic E-state index is -0.221. The number of nitrogens with zero attached hydrogens (tertiary/aromatic N) is 3. The molecule has 5 rings (SSSR count). The summed E-state index contributed by atoms with van der Waals surface area (Å²) in [5.74, 6) is 0.257. The summed E-state index contributed by atoms with van der Waals surface area (Å²) in [6, 6.07) is 17.1. The second-order valence-electron chi connectivity index (χ2n) is 10.0. The van der Waals surface area contributed by atoms with Gasteiger partial charge in [-0.15, -0.1) is 0 Å². The molecule has 0 unspecified atom stereocenters. The SMILES string of the molecule is O=C(C1CCCC1)N1C[C@@H](C(=O)N2CCN(c3ccccc3F)CC2)C[C@H](c2ccccc2)C1. The first-order chi connectivity index (χ1) is 16.6. The van der Waals surface area contributed by atoms with Crippen LogP contribution in [-0.2, 0) is 9.59 Å². The molecule has 2 heterocycles. The zero-order valence-corrected chi connectivity index (χ0v) is 19.7. The van der Waals surface area contributed by atoms with E-state index in [0.29, 0.717) is 45.0 Å². The van der Waals surface area contributed by atoms with Crippen LogP contribution >= 0.6 is 0 Å². The van der Waals surface area contributed by atoms with Crippen LogP contribution in [-0.4, -0.2) is 60.9 Å². The average molecular weight is 464 g/mol. The van der Waals surface area contributed by atoms with Crippen LogP contribution < -0.4 is 4.90 Å². The number of benzene rings is 2. The average Bonchev–Trinajstić information content (AvgIpc) is 3.44. The van der Waals surface area contributed by atoms with Gasteiger partial charge in [0.05, 0.1) is 11.6 Å². The number of amides is 2. The van der Waals surface area contributed by atoms with Crippen molar-refractivity contribution in [2.24, 2.45) is 11.8 Å². The first-order valence-corrected chi connectivity index (χ1v) is 12.7. The zero-order chi connectivity index (χ0) is 23.5. The molecule has 1 aliphatic carbocycles. The van der Waals surface area contributed by atoms with Crippen molar-refractivity contribution in [3.63, 3.8) is 0 Å². The standard InChI is InChI=1S/C28H34FN3O2/c29-25-12-6-7-13-26(25)30-14-16-31(17-15-30)28(34)24-18-23(21-8-2-1-3-9-21)19-32(20-24)27(33)22-10-4-5-11-22/h1-3,6-9,12-13,22-24H,4-5,10-11,14-20H2/t23-,24-/m0/s1. The van der Waals surface area contributed by atoms with E-state index in [1.165, 1.54) is 11.6 Å². The number of piperazine rings is 1.